The summed E-state index contributed by atoms with van der Waals surface area (Å²) in [6, 6.07) is 8.78. The Morgan fingerprint density at radius 2 is 2.00 bits per heavy atom. The van der Waals surface area contributed by atoms with Crippen LogP contribution in [-0.2, 0) is 4.74 Å². The van der Waals surface area contributed by atoms with Crippen molar-refractivity contribution < 1.29 is 9.47 Å². The van der Waals surface area contributed by atoms with Crippen LogP contribution in [0.1, 0.15) is 52.0 Å². The van der Waals surface area contributed by atoms with Crippen LogP contribution in [0.2, 0.25) is 0 Å². The molecular weight excluding hydrogens is 262 g/mol. The number of rotatable bonds is 8. The first kappa shape index (κ1) is 16.3. The van der Waals surface area contributed by atoms with Crippen molar-refractivity contribution in [2.75, 3.05) is 13.2 Å². The minimum Gasteiger partial charge on any atom is -0.487 e. The molecule has 0 bridgehead atoms. The van der Waals surface area contributed by atoms with Gasteiger partial charge in [-0.05, 0) is 37.4 Å². The number of nitrogens with one attached hydrogen (secondary N) is 1. The predicted octanol–water partition coefficient (Wildman–Crippen LogP) is 3.73. The van der Waals surface area contributed by atoms with Crippen molar-refractivity contribution in [1.29, 1.82) is 0 Å². The number of benzene rings is 1. The molecule has 1 aromatic carbocycles. The minimum atomic E-state index is 0.166. The summed E-state index contributed by atoms with van der Waals surface area (Å²) in [5.41, 5.74) is 1.28. The molecule has 0 radical (unpaired) electrons. The van der Waals surface area contributed by atoms with Gasteiger partial charge in [0, 0.05) is 19.1 Å². The monoisotopic (exact) mass is 291 g/mol. The van der Waals surface area contributed by atoms with Crippen LogP contribution in [-0.4, -0.2) is 31.4 Å². The molecule has 1 fully saturated rings. The summed E-state index contributed by atoms with van der Waals surface area (Å²) in [5.74, 6) is 1.48. The summed E-state index contributed by atoms with van der Waals surface area (Å²) in [6.07, 6.45) is 2.51. The van der Waals surface area contributed by atoms with Crippen molar-refractivity contribution in [3.63, 3.8) is 0 Å². The van der Waals surface area contributed by atoms with Crippen LogP contribution < -0.4 is 10.1 Å². The van der Waals surface area contributed by atoms with E-state index in [4.69, 9.17) is 9.47 Å². The van der Waals surface area contributed by atoms with Crippen LogP contribution in [0.4, 0.5) is 0 Å². The van der Waals surface area contributed by atoms with E-state index in [2.05, 4.69) is 44.3 Å². The van der Waals surface area contributed by atoms with E-state index in [1.807, 2.05) is 13.0 Å². The van der Waals surface area contributed by atoms with Crippen molar-refractivity contribution in [3.8, 4) is 5.75 Å². The van der Waals surface area contributed by atoms with Crippen molar-refractivity contribution in [1.82, 2.24) is 5.32 Å². The van der Waals surface area contributed by atoms with Gasteiger partial charge >= 0.3 is 0 Å². The molecule has 0 spiro atoms. The summed E-state index contributed by atoms with van der Waals surface area (Å²) in [7, 11) is 0. The molecule has 3 unspecified atom stereocenters. The van der Waals surface area contributed by atoms with E-state index in [0.29, 0.717) is 12.0 Å². The van der Waals surface area contributed by atoms with Crippen molar-refractivity contribution in [2.24, 2.45) is 0 Å². The van der Waals surface area contributed by atoms with Gasteiger partial charge in [-0.2, -0.15) is 0 Å². The van der Waals surface area contributed by atoms with Gasteiger partial charge in [-0.1, -0.05) is 39.0 Å². The van der Waals surface area contributed by atoms with Crippen molar-refractivity contribution >= 4 is 0 Å². The van der Waals surface area contributed by atoms with Crippen molar-refractivity contribution in [3.05, 3.63) is 29.8 Å². The molecule has 1 aliphatic carbocycles. The molecule has 1 aromatic rings. The number of hydrogen-bond acceptors (Lipinski definition) is 3. The molecule has 0 saturated heterocycles. The first-order valence-electron chi connectivity index (χ1n) is 8.27. The van der Waals surface area contributed by atoms with E-state index < -0.39 is 0 Å². The molecular formula is C18H29NO2. The lowest BCUT2D eigenvalue weighted by atomic mass is 9.84. The highest BCUT2D eigenvalue weighted by Gasteiger charge is 2.43. The zero-order valence-corrected chi connectivity index (χ0v) is 13.8. The normalized spacial score (nSPS) is 24.9. The Hall–Kier alpha value is -1.06. The van der Waals surface area contributed by atoms with Gasteiger partial charge in [0.05, 0.1) is 0 Å². The quantitative estimate of drug-likeness (QED) is 0.791. The molecule has 0 amide bonds. The van der Waals surface area contributed by atoms with Gasteiger partial charge in [0.2, 0.25) is 0 Å². The molecule has 0 aromatic heterocycles. The van der Waals surface area contributed by atoms with Crippen molar-refractivity contribution in [2.45, 2.75) is 64.7 Å². The largest absolute Gasteiger partial charge is 0.487 e. The fourth-order valence-corrected chi connectivity index (χ4v) is 2.87. The van der Waals surface area contributed by atoms with E-state index in [9.17, 15) is 0 Å². The Kier molecular flexibility index (Phi) is 6.07. The highest BCUT2D eigenvalue weighted by atomic mass is 16.5. The van der Waals surface area contributed by atoms with Gasteiger partial charge < -0.3 is 14.8 Å². The SMILES string of the molecule is CCCNC1CC(Oc2ccccc2C(C)C)C1OCC. The van der Waals surface area contributed by atoms with Crippen LogP contribution >= 0.6 is 0 Å². The van der Waals surface area contributed by atoms with E-state index in [1.54, 1.807) is 0 Å². The second-order valence-electron chi connectivity index (χ2n) is 6.07. The zero-order chi connectivity index (χ0) is 15.2. The second-order valence-corrected chi connectivity index (χ2v) is 6.07. The number of ether oxygens (including phenoxy) is 2. The fraction of sp³-hybridized carbons (Fsp3) is 0.667. The lowest BCUT2D eigenvalue weighted by Gasteiger charge is -2.44. The third kappa shape index (κ3) is 3.98. The molecule has 118 valence electrons. The maximum atomic E-state index is 6.25. The van der Waals surface area contributed by atoms with Gasteiger partial charge in [0.25, 0.3) is 0 Å². The molecule has 2 rings (SSSR count). The fourth-order valence-electron chi connectivity index (χ4n) is 2.87. The molecule has 3 nitrogen and oxygen atoms in total. The highest BCUT2D eigenvalue weighted by Crippen LogP contribution is 2.33. The van der Waals surface area contributed by atoms with Gasteiger partial charge in [0.1, 0.15) is 18.0 Å². The first-order chi connectivity index (χ1) is 10.2. The van der Waals surface area contributed by atoms with E-state index >= 15 is 0 Å². The van der Waals surface area contributed by atoms with Gasteiger partial charge in [-0.25, -0.2) is 0 Å². The van der Waals surface area contributed by atoms with E-state index in [-0.39, 0.29) is 12.2 Å². The second kappa shape index (κ2) is 7.81. The summed E-state index contributed by atoms with van der Waals surface area (Å²) in [6.45, 7) is 10.4. The van der Waals surface area contributed by atoms with Gasteiger partial charge in [-0.15, -0.1) is 0 Å². The maximum Gasteiger partial charge on any atom is 0.128 e. The standard InChI is InChI=1S/C18H29NO2/c1-5-11-19-15-12-17(18(15)20-6-2)21-16-10-8-7-9-14(16)13(3)4/h7-10,13,15,17-19H,5-6,11-12H2,1-4H3. The highest BCUT2D eigenvalue weighted by molar-refractivity contribution is 5.36. The van der Waals surface area contributed by atoms with Crippen LogP contribution in [0.15, 0.2) is 24.3 Å². The summed E-state index contributed by atoms with van der Waals surface area (Å²) in [4.78, 5) is 0. The smallest absolute Gasteiger partial charge is 0.128 e. The molecule has 3 atom stereocenters. The summed E-state index contributed by atoms with van der Waals surface area (Å²) < 4.78 is 12.1. The Labute approximate surface area is 129 Å². The lowest BCUT2D eigenvalue weighted by Crippen LogP contribution is -2.61. The molecule has 1 N–H and O–H groups in total. The predicted molar refractivity (Wildman–Crippen MR) is 87.1 cm³/mol. The molecule has 21 heavy (non-hydrogen) atoms. The van der Waals surface area contributed by atoms with Crippen LogP contribution in [0.3, 0.4) is 0 Å². The van der Waals surface area contributed by atoms with Gasteiger partial charge in [-0.3, -0.25) is 0 Å². The molecule has 1 saturated carbocycles. The Morgan fingerprint density at radius 3 is 2.67 bits per heavy atom. The molecule has 1 aliphatic rings. The minimum absolute atomic E-state index is 0.166. The third-order valence-electron chi connectivity index (χ3n) is 4.08. The number of hydrogen-bond donors (Lipinski definition) is 1. The van der Waals surface area contributed by atoms with E-state index in [0.717, 1.165) is 31.7 Å². The Balaban J connectivity index is 1.99. The summed E-state index contributed by atoms with van der Waals surface area (Å²) >= 11 is 0. The molecule has 3 heteroatoms. The summed E-state index contributed by atoms with van der Waals surface area (Å²) in [5, 5.41) is 3.55. The number of para-hydroxylation sites is 1. The van der Waals surface area contributed by atoms with E-state index in [1.165, 1.54) is 5.56 Å². The van der Waals surface area contributed by atoms with Gasteiger partial charge in [0.15, 0.2) is 0 Å². The first-order valence-corrected chi connectivity index (χ1v) is 8.27. The van der Waals surface area contributed by atoms with Crippen LogP contribution in [0.25, 0.3) is 0 Å². The van der Waals surface area contributed by atoms with Crippen LogP contribution in [0.5, 0.6) is 5.75 Å². The lowest BCUT2D eigenvalue weighted by molar-refractivity contribution is -0.104. The maximum absolute atomic E-state index is 6.25. The molecule has 0 heterocycles. The Bertz CT molecular complexity index is 433. The average Bonchev–Trinajstić information content (AvgIpc) is 2.48. The Morgan fingerprint density at radius 1 is 1.24 bits per heavy atom. The zero-order valence-electron chi connectivity index (χ0n) is 13.8. The molecule has 0 aliphatic heterocycles. The third-order valence-corrected chi connectivity index (χ3v) is 4.08. The average molecular weight is 291 g/mol. The topological polar surface area (TPSA) is 30.5 Å². The van der Waals surface area contributed by atoms with Crippen LogP contribution in [0, 0.1) is 0 Å².